The van der Waals surface area contributed by atoms with Crippen LogP contribution >= 0.6 is 11.3 Å². The largest absolute Gasteiger partial charge is 0.439 e. The molecule has 4 aliphatic rings. The standard InChI is InChI=1S/C18H19N3O2S/c22-17-21(12-18(23-17)11-20-8-5-14(18)6-9-20)16-4-3-15(24-16)13-2-1-7-19-10-13/h1-4,7,10,14H,5-6,8-9,11-12H2/t18-/m0/s1. The van der Waals surface area contributed by atoms with Crippen LogP contribution in [0.1, 0.15) is 12.8 Å². The van der Waals surface area contributed by atoms with E-state index in [-0.39, 0.29) is 11.7 Å². The summed E-state index contributed by atoms with van der Waals surface area (Å²) in [7, 11) is 0. The van der Waals surface area contributed by atoms with E-state index in [1.807, 2.05) is 29.3 Å². The number of amides is 1. The molecule has 0 saturated carbocycles. The molecule has 0 aliphatic carbocycles. The van der Waals surface area contributed by atoms with Gasteiger partial charge in [-0.05, 0) is 44.1 Å². The Balaban J connectivity index is 1.42. The average Bonchev–Trinajstić information content (AvgIpc) is 3.22. The number of ether oxygens (including phenoxy) is 1. The van der Waals surface area contributed by atoms with Crippen molar-refractivity contribution in [3.63, 3.8) is 0 Å². The van der Waals surface area contributed by atoms with E-state index in [1.54, 1.807) is 17.5 Å². The van der Waals surface area contributed by atoms with E-state index in [1.165, 1.54) is 0 Å². The van der Waals surface area contributed by atoms with E-state index < -0.39 is 0 Å². The summed E-state index contributed by atoms with van der Waals surface area (Å²) in [5.41, 5.74) is 0.783. The number of rotatable bonds is 2. The van der Waals surface area contributed by atoms with Crippen molar-refractivity contribution < 1.29 is 9.53 Å². The Kier molecular flexibility index (Phi) is 3.18. The normalized spacial score (nSPS) is 31.7. The third-order valence-corrected chi connectivity index (χ3v) is 6.72. The van der Waals surface area contributed by atoms with Crippen LogP contribution in [0, 0.1) is 5.92 Å². The van der Waals surface area contributed by atoms with Gasteiger partial charge in [0.15, 0.2) is 0 Å². The van der Waals surface area contributed by atoms with Gasteiger partial charge in [0, 0.05) is 35.3 Å². The van der Waals surface area contributed by atoms with Gasteiger partial charge in [-0.1, -0.05) is 6.07 Å². The highest BCUT2D eigenvalue weighted by atomic mass is 32.1. The molecule has 0 unspecified atom stereocenters. The molecule has 124 valence electrons. The molecule has 5 nitrogen and oxygen atoms in total. The summed E-state index contributed by atoms with van der Waals surface area (Å²) < 4.78 is 5.95. The minimum atomic E-state index is -0.300. The van der Waals surface area contributed by atoms with E-state index in [0.29, 0.717) is 12.5 Å². The maximum atomic E-state index is 12.5. The van der Waals surface area contributed by atoms with Gasteiger partial charge in [-0.2, -0.15) is 0 Å². The van der Waals surface area contributed by atoms with Crippen molar-refractivity contribution in [3.8, 4) is 10.4 Å². The second-order valence-corrected chi connectivity index (χ2v) is 8.01. The first kappa shape index (κ1) is 14.4. The van der Waals surface area contributed by atoms with Crippen LogP contribution < -0.4 is 4.90 Å². The van der Waals surface area contributed by atoms with Gasteiger partial charge in [0.25, 0.3) is 0 Å². The number of fused-ring (bicyclic) bond motifs is 2. The number of anilines is 1. The van der Waals surface area contributed by atoms with Crippen LogP contribution in [0.3, 0.4) is 0 Å². The van der Waals surface area contributed by atoms with Gasteiger partial charge in [-0.3, -0.25) is 14.8 Å². The quantitative estimate of drug-likeness (QED) is 0.841. The number of hydrogen-bond donors (Lipinski definition) is 0. The van der Waals surface area contributed by atoms with Crippen LogP contribution in [0.15, 0.2) is 36.7 Å². The molecule has 4 fully saturated rings. The van der Waals surface area contributed by atoms with Gasteiger partial charge < -0.3 is 4.74 Å². The number of pyridine rings is 1. The van der Waals surface area contributed by atoms with E-state index >= 15 is 0 Å². The second-order valence-electron chi connectivity index (χ2n) is 6.95. The van der Waals surface area contributed by atoms with Crippen molar-refractivity contribution in [1.82, 2.24) is 9.88 Å². The number of piperidine rings is 3. The summed E-state index contributed by atoms with van der Waals surface area (Å²) in [6, 6.07) is 8.06. The second kappa shape index (κ2) is 5.29. The molecule has 1 atom stereocenters. The molecule has 2 bridgehead atoms. The van der Waals surface area contributed by atoms with Gasteiger partial charge >= 0.3 is 6.09 Å². The van der Waals surface area contributed by atoms with Crippen molar-refractivity contribution in [3.05, 3.63) is 36.7 Å². The predicted octanol–water partition coefficient (Wildman–Crippen LogP) is 3.23. The zero-order valence-corrected chi connectivity index (χ0v) is 14.2. The third kappa shape index (κ3) is 2.17. The number of nitrogens with zero attached hydrogens (tertiary/aromatic N) is 3. The zero-order valence-electron chi connectivity index (χ0n) is 13.4. The first-order valence-electron chi connectivity index (χ1n) is 8.47. The van der Waals surface area contributed by atoms with Gasteiger partial charge in [0.05, 0.1) is 6.54 Å². The van der Waals surface area contributed by atoms with Crippen LogP contribution in [-0.2, 0) is 4.74 Å². The van der Waals surface area contributed by atoms with Crippen LogP contribution in [0.25, 0.3) is 10.4 Å². The number of hydrogen-bond acceptors (Lipinski definition) is 5. The summed E-state index contributed by atoms with van der Waals surface area (Å²) in [5.74, 6) is 0.509. The molecule has 24 heavy (non-hydrogen) atoms. The van der Waals surface area contributed by atoms with E-state index in [2.05, 4.69) is 16.0 Å². The van der Waals surface area contributed by atoms with Crippen LogP contribution in [0.5, 0.6) is 0 Å². The Morgan fingerprint density at radius 2 is 2.08 bits per heavy atom. The van der Waals surface area contributed by atoms with Gasteiger partial charge in [-0.25, -0.2) is 4.79 Å². The van der Waals surface area contributed by atoms with E-state index in [9.17, 15) is 4.79 Å². The van der Waals surface area contributed by atoms with E-state index in [0.717, 1.165) is 47.9 Å². The highest BCUT2D eigenvalue weighted by Crippen LogP contribution is 2.45. The fourth-order valence-electron chi connectivity index (χ4n) is 4.32. The van der Waals surface area contributed by atoms with Crippen molar-refractivity contribution in [2.75, 3.05) is 31.1 Å². The molecule has 0 radical (unpaired) electrons. The van der Waals surface area contributed by atoms with Gasteiger partial charge in [0.2, 0.25) is 0 Å². The average molecular weight is 341 g/mol. The topological polar surface area (TPSA) is 45.7 Å². The van der Waals surface area contributed by atoms with Crippen molar-refractivity contribution in [2.45, 2.75) is 18.4 Å². The molecule has 2 aromatic rings. The molecule has 6 heteroatoms. The Morgan fingerprint density at radius 1 is 1.21 bits per heavy atom. The number of carbonyl (C=O) groups excluding carboxylic acids is 1. The summed E-state index contributed by atoms with van der Waals surface area (Å²) in [5, 5.41) is 0.965. The minimum Gasteiger partial charge on any atom is -0.439 e. The maximum Gasteiger partial charge on any atom is 0.415 e. The lowest BCUT2D eigenvalue weighted by Crippen LogP contribution is -2.61. The summed E-state index contributed by atoms with van der Waals surface area (Å²) in [6.07, 6.45) is 5.72. The lowest BCUT2D eigenvalue weighted by molar-refractivity contribution is -0.0881. The lowest BCUT2D eigenvalue weighted by Gasteiger charge is -2.49. The summed E-state index contributed by atoms with van der Waals surface area (Å²) in [4.78, 5) is 22.1. The van der Waals surface area contributed by atoms with E-state index in [4.69, 9.17) is 4.74 Å². The molecule has 1 amide bonds. The summed E-state index contributed by atoms with van der Waals surface area (Å²) in [6.45, 7) is 3.86. The van der Waals surface area contributed by atoms with Crippen molar-refractivity contribution >= 4 is 22.4 Å². The minimum absolute atomic E-state index is 0.191. The molecule has 6 heterocycles. The SMILES string of the molecule is O=C1O[C@@]2(CN3CCC2CC3)CN1c1ccc(-c2cccnc2)s1. The first-order valence-corrected chi connectivity index (χ1v) is 9.28. The van der Waals surface area contributed by atoms with Gasteiger partial charge in [0.1, 0.15) is 10.6 Å². The Labute approximate surface area is 144 Å². The molecule has 1 spiro atoms. The molecule has 2 aromatic heterocycles. The molecule has 6 rings (SSSR count). The predicted molar refractivity (Wildman–Crippen MR) is 93.3 cm³/mol. The fraction of sp³-hybridized carbons (Fsp3) is 0.444. The highest BCUT2D eigenvalue weighted by Gasteiger charge is 2.55. The number of thiophene rings is 1. The van der Waals surface area contributed by atoms with Crippen LogP contribution in [0.2, 0.25) is 0 Å². The number of carbonyl (C=O) groups is 1. The Hall–Kier alpha value is -1.92. The molecular weight excluding hydrogens is 322 g/mol. The maximum absolute atomic E-state index is 12.5. The van der Waals surface area contributed by atoms with Crippen molar-refractivity contribution in [2.24, 2.45) is 5.92 Å². The smallest absolute Gasteiger partial charge is 0.415 e. The Bertz CT molecular complexity index is 770. The van der Waals surface area contributed by atoms with Crippen LogP contribution in [-0.4, -0.2) is 47.8 Å². The Morgan fingerprint density at radius 3 is 2.79 bits per heavy atom. The first-order chi connectivity index (χ1) is 11.7. The highest BCUT2D eigenvalue weighted by molar-refractivity contribution is 7.19. The molecule has 0 N–H and O–H groups in total. The van der Waals surface area contributed by atoms with Crippen molar-refractivity contribution in [1.29, 1.82) is 0 Å². The fourth-order valence-corrected chi connectivity index (χ4v) is 5.30. The van der Waals surface area contributed by atoms with Gasteiger partial charge in [-0.15, -0.1) is 11.3 Å². The summed E-state index contributed by atoms with van der Waals surface area (Å²) >= 11 is 1.63. The third-order valence-electron chi connectivity index (χ3n) is 5.56. The molecule has 4 saturated heterocycles. The monoisotopic (exact) mass is 341 g/mol. The molecule has 4 aliphatic heterocycles. The molecule has 0 aromatic carbocycles. The lowest BCUT2D eigenvalue weighted by atomic mass is 9.75. The molecular formula is C18H19N3O2S. The zero-order chi connectivity index (χ0) is 16.1. The number of aromatic nitrogens is 1. The van der Waals surface area contributed by atoms with Crippen LogP contribution in [0.4, 0.5) is 9.80 Å².